The summed E-state index contributed by atoms with van der Waals surface area (Å²) in [6.45, 7) is 0. The normalized spacial score (nSPS) is 10.6. The Labute approximate surface area is 112 Å². The number of anilines is 1. The highest BCUT2D eigenvalue weighted by Gasteiger charge is 2.15. The molecule has 94 valence electrons. The molecule has 3 rings (SSSR count). The summed E-state index contributed by atoms with van der Waals surface area (Å²) >= 11 is 5.76. The molecule has 2 N–H and O–H groups in total. The van der Waals surface area contributed by atoms with E-state index in [4.69, 9.17) is 21.9 Å². The van der Waals surface area contributed by atoms with Gasteiger partial charge < -0.3 is 10.3 Å². The van der Waals surface area contributed by atoms with Crippen molar-refractivity contribution in [2.45, 2.75) is 0 Å². The summed E-state index contributed by atoms with van der Waals surface area (Å²) < 4.78 is 5.10. The maximum atomic E-state index is 5.76. The third kappa shape index (κ3) is 2.23. The molecule has 0 aliphatic rings. The Balaban J connectivity index is 2.00. The van der Waals surface area contributed by atoms with Crippen molar-refractivity contribution in [3.05, 3.63) is 35.7 Å². The van der Waals surface area contributed by atoms with Crippen LogP contribution in [0.3, 0.4) is 0 Å². The van der Waals surface area contributed by atoms with Crippen molar-refractivity contribution < 1.29 is 4.52 Å². The molecular weight excluding hydrogens is 268 g/mol. The molecule has 3 aromatic heterocycles. The Morgan fingerprint density at radius 3 is 2.68 bits per heavy atom. The van der Waals surface area contributed by atoms with Crippen LogP contribution in [0.2, 0.25) is 5.02 Å². The first kappa shape index (κ1) is 11.5. The quantitative estimate of drug-likeness (QED) is 0.760. The zero-order valence-corrected chi connectivity index (χ0v) is 10.2. The van der Waals surface area contributed by atoms with Crippen LogP contribution in [0.25, 0.3) is 23.1 Å². The van der Waals surface area contributed by atoms with Gasteiger partial charge in [0.25, 0.3) is 5.89 Å². The molecule has 0 bridgehead atoms. The van der Waals surface area contributed by atoms with E-state index in [1.165, 1.54) is 18.6 Å². The van der Waals surface area contributed by atoms with Gasteiger partial charge in [-0.05, 0) is 12.1 Å². The van der Waals surface area contributed by atoms with Gasteiger partial charge in [0.05, 0.1) is 5.02 Å². The van der Waals surface area contributed by atoms with E-state index >= 15 is 0 Å². The van der Waals surface area contributed by atoms with Gasteiger partial charge in [0.15, 0.2) is 11.5 Å². The summed E-state index contributed by atoms with van der Waals surface area (Å²) in [6.07, 6.45) is 4.48. The second kappa shape index (κ2) is 4.62. The molecule has 0 aliphatic carbocycles. The predicted octanol–water partition coefficient (Wildman–Crippen LogP) is 1.82. The Morgan fingerprint density at radius 2 is 1.95 bits per heavy atom. The summed E-state index contributed by atoms with van der Waals surface area (Å²) in [4.78, 5) is 16.2. The van der Waals surface area contributed by atoms with Crippen molar-refractivity contribution in [1.29, 1.82) is 0 Å². The molecule has 0 unspecified atom stereocenters. The first-order valence-corrected chi connectivity index (χ1v) is 5.64. The van der Waals surface area contributed by atoms with Gasteiger partial charge in [0, 0.05) is 18.6 Å². The van der Waals surface area contributed by atoms with Gasteiger partial charge in [-0.15, -0.1) is 0 Å². The van der Waals surface area contributed by atoms with Gasteiger partial charge in [0.1, 0.15) is 5.69 Å². The summed E-state index contributed by atoms with van der Waals surface area (Å²) in [7, 11) is 0. The molecule has 0 saturated carbocycles. The van der Waals surface area contributed by atoms with E-state index in [2.05, 4.69) is 25.1 Å². The lowest BCUT2D eigenvalue weighted by Crippen LogP contribution is -1.96. The van der Waals surface area contributed by atoms with Crippen LogP contribution in [0.4, 0.5) is 5.82 Å². The highest BCUT2D eigenvalue weighted by molar-refractivity contribution is 6.30. The maximum Gasteiger partial charge on any atom is 0.280 e. The van der Waals surface area contributed by atoms with Crippen molar-refractivity contribution in [2.75, 3.05) is 5.73 Å². The number of hydrogen-bond donors (Lipinski definition) is 1. The minimum Gasteiger partial charge on any atom is -0.382 e. The highest BCUT2D eigenvalue weighted by Crippen LogP contribution is 2.22. The Hall–Kier alpha value is -2.54. The Bertz CT molecular complexity index is 711. The molecule has 7 nitrogen and oxygen atoms in total. The van der Waals surface area contributed by atoms with Gasteiger partial charge >= 0.3 is 0 Å². The van der Waals surface area contributed by atoms with E-state index in [0.29, 0.717) is 22.2 Å². The van der Waals surface area contributed by atoms with Gasteiger partial charge in [0.2, 0.25) is 5.82 Å². The van der Waals surface area contributed by atoms with E-state index in [0.717, 1.165) is 0 Å². The van der Waals surface area contributed by atoms with Crippen LogP contribution in [-0.4, -0.2) is 25.1 Å². The molecule has 0 atom stereocenters. The fourth-order valence-corrected chi connectivity index (χ4v) is 1.56. The van der Waals surface area contributed by atoms with Crippen LogP contribution in [-0.2, 0) is 0 Å². The van der Waals surface area contributed by atoms with E-state index in [9.17, 15) is 0 Å². The first-order chi connectivity index (χ1) is 9.24. The lowest BCUT2D eigenvalue weighted by molar-refractivity contribution is 0.431. The average Bonchev–Trinajstić information content (AvgIpc) is 2.89. The number of halogens is 1. The number of rotatable bonds is 2. The van der Waals surface area contributed by atoms with Crippen LogP contribution in [0, 0.1) is 0 Å². The van der Waals surface area contributed by atoms with Gasteiger partial charge in [-0.2, -0.15) is 4.98 Å². The zero-order valence-electron chi connectivity index (χ0n) is 9.49. The predicted molar refractivity (Wildman–Crippen MR) is 68.0 cm³/mol. The van der Waals surface area contributed by atoms with E-state index in [1.54, 1.807) is 12.1 Å². The number of hydrogen-bond acceptors (Lipinski definition) is 7. The van der Waals surface area contributed by atoms with Crippen molar-refractivity contribution in [3.8, 4) is 23.1 Å². The Kier molecular flexibility index (Phi) is 2.81. The van der Waals surface area contributed by atoms with E-state index in [-0.39, 0.29) is 11.7 Å². The number of aromatic nitrogens is 5. The van der Waals surface area contributed by atoms with Crippen LogP contribution < -0.4 is 5.73 Å². The summed E-state index contributed by atoms with van der Waals surface area (Å²) in [5.74, 6) is 0.746. The molecule has 3 aromatic rings. The maximum absolute atomic E-state index is 5.76. The second-order valence-electron chi connectivity index (χ2n) is 3.57. The lowest BCUT2D eigenvalue weighted by Gasteiger charge is -1.95. The molecule has 0 fully saturated rings. The number of pyridine rings is 1. The molecule has 0 radical (unpaired) electrons. The molecule has 0 amide bonds. The van der Waals surface area contributed by atoms with Gasteiger partial charge in [-0.1, -0.05) is 16.8 Å². The number of nitrogens with zero attached hydrogens (tertiary/aromatic N) is 5. The minimum absolute atomic E-state index is 0.192. The molecule has 3 heterocycles. The van der Waals surface area contributed by atoms with Crippen molar-refractivity contribution in [1.82, 2.24) is 25.1 Å². The molecule has 0 aromatic carbocycles. The lowest BCUT2D eigenvalue weighted by atomic mass is 10.3. The fraction of sp³-hybridized carbons (Fsp3) is 0. The standard InChI is InChI=1S/C11H7ClN6O/c12-6-1-2-7(16-5-6)10-17-11(19-18-10)8-9(13)15-4-3-14-8/h1-5H,(H2,13,15). The van der Waals surface area contributed by atoms with Crippen molar-refractivity contribution >= 4 is 17.4 Å². The van der Waals surface area contributed by atoms with Crippen LogP contribution in [0.5, 0.6) is 0 Å². The Morgan fingerprint density at radius 1 is 1.11 bits per heavy atom. The number of nitrogen functional groups attached to an aromatic ring is 1. The van der Waals surface area contributed by atoms with Crippen molar-refractivity contribution in [3.63, 3.8) is 0 Å². The summed E-state index contributed by atoms with van der Waals surface area (Å²) in [5, 5.41) is 4.35. The number of nitrogens with two attached hydrogens (primary N) is 1. The largest absolute Gasteiger partial charge is 0.382 e. The molecule has 19 heavy (non-hydrogen) atoms. The van der Waals surface area contributed by atoms with E-state index < -0.39 is 0 Å². The van der Waals surface area contributed by atoms with Gasteiger partial charge in [-0.3, -0.25) is 4.98 Å². The molecule has 0 spiro atoms. The van der Waals surface area contributed by atoms with Crippen LogP contribution in [0.15, 0.2) is 35.2 Å². The second-order valence-corrected chi connectivity index (χ2v) is 4.01. The average molecular weight is 275 g/mol. The summed E-state index contributed by atoms with van der Waals surface area (Å²) in [6, 6.07) is 3.38. The van der Waals surface area contributed by atoms with E-state index in [1.807, 2.05) is 0 Å². The van der Waals surface area contributed by atoms with Crippen LogP contribution in [0.1, 0.15) is 0 Å². The monoisotopic (exact) mass is 274 g/mol. The molecule has 0 aliphatic heterocycles. The fourth-order valence-electron chi connectivity index (χ4n) is 1.45. The van der Waals surface area contributed by atoms with Gasteiger partial charge in [-0.25, -0.2) is 9.97 Å². The SMILES string of the molecule is Nc1nccnc1-c1nc(-c2ccc(Cl)cn2)no1. The topological polar surface area (TPSA) is 104 Å². The van der Waals surface area contributed by atoms with Crippen LogP contribution >= 0.6 is 11.6 Å². The first-order valence-electron chi connectivity index (χ1n) is 5.26. The molecule has 8 heteroatoms. The third-order valence-corrected chi connectivity index (χ3v) is 2.54. The third-order valence-electron chi connectivity index (χ3n) is 2.31. The molecular formula is C11H7ClN6O. The summed E-state index contributed by atoms with van der Waals surface area (Å²) in [5.41, 5.74) is 6.57. The van der Waals surface area contributed by atoms with Crippen molar-refractivity contribution in [2.24, 2.45) is 0 Å². The smallest absolute Gasteiger partial charge is 0.280 e. The molecule has 0 saturated heterocycles. The zero-order chi connectivity index (χ0) is 13.2. The minimum atomic E-state index is 0.192. The highest BCUT2D eigenvalue weighted by atomic mass is 35.5.